The summed E-state index contributed by atoms with van der Waals surface area (Å²) < 4.78 is 12.9. The molecule has 0 amide bonds. The summed E-state index contributed by atoms with van der Waals surface area (Å²) in [5, 5.41) is 0. The van der Waals surface area contributed by atoms with E-state index in [4.69, 9.17) is 0 Å². The SMILES string of the molecule is C=C(C)C(C)c1ccc(F)c(C)c1. The van der Waals surface area contributed by atoms with Crippen molar-refractivity contribution in [2.24, 2.45) is 0 Å². The van der Waals surface area contributed by atoms with Crippen molar-refractivity contribution < 1.29 is 4.39 Å². The highest BCUT2D eigenvalue weighted by Gasteiger charge is 2.07. The Morgan fingerprint density at radius 3 is 2.54 bits per heavy atom. The van der Waals surface area contributed by atoms with Gasteiger partial charge in [0.25, 0.3) is 0 Å². The summed E-state index contributed by atoms with van der Waals surface area (Å²) in [7, 11) is 0. The molecule has 0 heterocycles. The van der Waals surface area contributed by atoms with Gasteiger partial charge in [-0.25, -0.2) is 4.39 Å². The zero-order chi connectivity index (χ0) is 10.0. The van der Waals surface area contributed by atoms with E-state index in [-0.39, 0.29) is 5.82 Å². The summed E-state index contributed by atoms with van der Waals surface area (Å²) in [6, 6.07) is 5.22. The Bertz CT molecular complexity index is 326. The van der Waals surface area contributed by atoms with Gasteiger partial charge in [0.1, 0.15) is 5.82 Å². The molecule has 70 valence electrons. The third-order valence-corrected chi connectivity index (χ3v) is 2.42. The molecule has 0 fully saturated rings. The Kier molecular flexibility index (Phi) is 2.86. The van der Waals surface area contributed by atoms with E-state index in [9.17, 15) is 4.39 Å². The molecule has 0 spiro atoms. The number of aryl methyl sites for hydroxylation is 1. The lowest BCUT2D eigenvalue weighted by Crippen LogP contribution is -1.95. The highest BCUT2D eigenvalue weighted by atomic mass is 19.1. The van der Waals surface area contributed by atoms with Crippen LogP contribution in [0.1, 0.15) is 30.9 Å². The molecular formula is C12H15F. The van der Waals surface area contributed by atoms with Crippen LogP contribution in [0, 0.1) is 12.7 Å². The summed E-state index contributed by atoms with van der Waals surface area (Å²) >= 11 is 0. The van der Waals surface area contributed by atoms with Gasteiger partial charge in [0, 0.05) is 5.92 Å². The minimum absolute atomic E-state index is 0.141. The van der Waals surface area contributed by atoms with Crippen LogP contribution >= 0.6 is 0 Å². The molecule has 1 rings (SSSR count). The highest BCUT2D eigenvalue weighted by Crippen LogP contribution is 2.23. The summed E-state index contributed by atoms with van der Waals surface area (Å²) in [6.07, 6.45) is 0. The lowest BCUT2D eigenvalue weighted by atomic mass is 9.94. The number of halogens is 1. The highest BCUT2D eigenvalue weighted by molar-refractivity contribution is 5.30. The zero-order valence-electron chi connectivity index (χ0n) is 8.39. The second-order valence-electron chi connectivity index (χ2n) is 3.58. The average molecular weight is 178 g/mol. The first kappa shape index (κ1) is 9.97. The number of benzene rings is 1. The Labute approximate surface area is 79.1 Å². The molecular weight excluding hydrogens is 163 g/mol. The van der Waals surface area contributed by atoms with Crippen molar-refractivity contribution in [3.05, 3.63) is 47.3 Å². The third-order valence-electron chi connectivity index (χ3n) is 2.42. The van der Waals surface area contributed by atoms with Gasteiger partial charge in [-0.15, -0.1) is 0 Å². The normalized spacial score (nSPS) is 12.6. The van der Waals surface area contributed by atoms with E-state index in [1.165, 1.54) is 6.07 Å². The molecule has 0 aliphatic carbocycles. The van der Waals surface area contributed by atoms with Gasteiger partial charge in [-0.3, -0.25) is 0 Å². The summed E-state index contributed by atoms with van der Waals surface area (Å²) in [4.78, 5) is 0. The molecule has 1 unspecified atom stereocenters. The maximum atomic E-state index is 12.9. The molecule has 13 heavy (non-hydrogen) atoms. The zero-order valence-corrected chi connectivity index (χ0v) is 8.39. The topological polar surface area (TPSA) is 0 Å². The smallest absolute Gasteiger partial charge is 0.126 e. The molecule has 1 heteroatoms. The van der Waals surface area contributed by atoms with Crippen molar-refractivity contribution in [3.8, 4) is 0 Å². The molecule has 1 aromatic carbocycles. The summed E-state index contributed by atoms with van der Waals surface area (Å²) in [6.45, 7) is 9.74. The summed E-state index contributed by atoms with van der Waals surface area (Å²) in [5.74, 6) is 0.164. The van der Waals surface area contributed by atoms with Gasteiger partial charge in [-0.05, 0) is 31.0 Å². The van der Waals surface area contributed by atoms with E-state index in [0.29, 0.717) is 11.5 Å². The van der Waals surface area contributed by atoms with Gasteiger partial charge < -0.3 is 0 Å². The standard InChI is InChI=1S/C12H15F/c1-8(2)10(4)11-5-6-12(13)9(3)7-11/h5-7,10H,1H2,2-4H3. The molecule has 1 atom stereocenters. The van der Waals surface area contributed by atoms with Gasteiger partial charge in [-0.2, -0.15) is 0 Å². The number of rotatable bonds is 2. The van der Waals surface area contributed by atoms with E-state index in [0.717, 1.165) is 11.1 Å². The van der Waals surface area contributed by atoms with Crippen molar-refractivity contribution in [1.82, 2.24) is 0 Å². The Balaban J connectivity index is 3.03. The van der Waals surface area contributed by atoms with Crippen LogP contribution in [-0.4, -0.2) is 0 Å². The van der Waals surface area contributed by atoms with Crippen molar-refractivity contribution in [2.75, 3.05) is 0 Å². The van der Waals surface area contributed by atoms with Crippen LogP contribution in [-0.2, 0) is 0 Å². The fraction of sp³-hybridized carbons (Fsp3) is 0.333. The molecule has 0 nitrogen and oxygen atoms in total. The molecule has 0 saturated heterocycles. The van der Waals surface area contributed by atoms with Crippen molar-refractivity contribution >= 4 is 0 Å². The van der Waals surface area contributed by atoms with Crippen LogP contribution in [0.25, 0.3) is 0 Å². The fourth-order valence-electron chi connectivity index (χ4n) is 1.22. The second kappa shape index (κ2) is 3.73. The minimum Gasteiger partial charge on any atom is -0.207 e. The molecule has 0 saturated carbocycles. The molecule has 0 N–H and O–H groups in total. The first-order chi connectivity index (χ1) is 6.02. The van der Waals surface area contributed by atoms with E-state index in [2.05, 4.69) is 13.5 Å². The lowest BCUT2D eigenvalue weighted by molar-refractivity contribution is 0.617. The van der Waals surface area contributed by atoms with Gasteiger partial charge >= 0.3 is 0 Å². The lowest BCUT2D eigenvalue weighted by Gasteiger charge is -2.12. The fourth-order valence-corrected chi connectivity index (χ4v) is 1.22. The number of hydrogen-bond donors (Lipinski definition) is 0. The Morgan fingerprint density at radius 1 is 1.46 bits per heavy atom. The molecule has 0 aliphatic rings. The van der Waals surface area contributed by atoms with Crippen LogP contribution < -0.4 is 0 Å². The minimum atomic E-state index is -0.141. The number of allylic oxidation sites excluding steroid dienone is 1. The Morgan fingerprint density at radius 2 is 2.08 bits per heavy atom. The predicted octanol–water partition coefficient (Wildman–Crippen LogP) is 3.81. The van der Waals surface area contributed by atoms with Crippen LogP contribution in [0.2, 0.25) is 0 Å². The first-order valence-electron chi connectivity index (χ1n) is 4.44. The number of hydrogen-bond acceptors (Lipinski definition) is 0. The first-order valence-corrected chi connectivity index (χ1v) is 4.44. The van der Waals surface area contributed by atoms with Crippen molar-refractivity contribution in [2.45, 2.75) is 26.7 Å². The van der Waals surface area contributed by atoms with Gasteiger partial charge in [0.15, 0.2) is 0 Å². The quantitative estimate of drug-likeness (QED) is 0.604. The predicted molar refractivity (Wildman–Crippen MR) is 54.4 cm³/mol. The van der Waals surface area contributed by atoms with E-state index in [1.54, 1.807) is 6.92 Å². The second-order valence-corrected chi connectivity index (χ2v) is 3.58. The maximum absolute atomic E-state index is 12.9. The molecule has 1 aromatic rings. The molecule has 0 aromatic heterocycles. The Hall–Kier alpha value is -1.11. The van der Waals surface area contributed by atoms with Crippen LogP contribution in [0.3, 0.4) is 0 Å². The van der Waals surface area contributed by atoms with Crippen LogP contribution in [0.4, 0.5) is 4.39 Å². The van der Waals surface area contributed by atoms with Crippen molar-refractivity contribution in [1.29, 1.82) is 0 Å². The maximum Gasteiger partial charge on any atom is 0.126 e. The van der Waals surface area contributed by atoms with E-state index < -0.39 is 0 Å². The molecule has 0 bridgehead atoms. The summed E-state index contributed by atoms with van der Waals surface area (Å²) in [5.41, 5.74) is 2.93. The molecule has 0 radical (unpaired) electrons. The molecule has 0 aliphatic heterocycles. The van der Waals surface area contributed by atoms with Gasteiger partial charge in [0.2, 0.25) is 0 Å². The van der Waals surface area contributed by atoms with Crippen LogP contribution in [0.15, 0.2) is 30.4 Å². The van der Waals surface area contributed by atoms with Crippen molar-refractivity contribution in [3.63, 3.8) is 0 Å². The van der Waals surface area contributed by atoms with Crippen LogP contribution in [0.5, 0.6) is 0 Å². The van der Waals surface area contributed by atoms with E-state index >= 15 is 0 Å². The third kappa shape index (κ3) is 2.18. The van der Waals surface area contributed by atoms with Gasteiger partial charge in [-0.1, -0.05) is 31.2 Å². The van der Waals surface area contributed by atoms with Gasteiger partial charge in [0.05, 0.1) is 0 Å². The van der Waals surface area contributed by atoms with E-state index in [1.807, 2.05) is 19.1 Å². The average Bonchev–Trinajstić information content (AvgIpc) is 2.08. The largest absolute Gasteiger partial charge is 0.207 e. The monoisotopic (exact) mass is 178 g/mol.